The molecule has 2 aromatic rings. The second kappa shape index (κ2) is 9.55. The highest BCUT2D eigenvalue weighted by molar-refractivity contribution is 8.00. The zero-order chi connectivity index (χ0) is 20.0. The average Bonchev–Trinajstić information content (AvgIpc) is 2.63. The molecule has 1 N–H and O–H groups in total. The molecule has 0 radical (unpaired) electrons. The van der Waals surface area contributed by atoms with Gasteiger partial charge in [0, 0.05) is 24.1 Å². The molecule has 0 bridgehead atoms. The van der Waals surface area contributed by atoms with Crippen LogP contribution >= 0.6 is 11.8 Å². The van der Waals surface area contributed by atoms with Crippen molar-refractivity contribution in [1.29, 1.82) is 0 Å². The van der Waals surface area contributed by atoms with E-state index in [9.17, 15) is 14.0 Å². The molecule has 144 valence electrons. The third-order valence-electron chi connectivity index (χ3n) is 4.28. The van der Waals surface area contributed by atoms with Gasteiger partial charge in [-0.15, -0.1) is 11.8 Å². The molecule has 0 aromatic heterocycles. The molecule has 0 fully saturated rings. The van der Waals surface area contributed by atoms with Gasteiger partial charge in [-0.3, -0.25) is 9.59 Å². The summed E-state index contributed by atoms with van der Waals surface area (Å²) in [5.41, 5.74) is 1.63. The van der Waals surface area contributed by atoms with Crippen molar-refractivity contribution >= 4 is 29.3 Å². The number of carbonyl (C=O) groups excluding carboxylic acids is 2. The third-order valence-corrected chi connectivity index (χ3v) is 5.38. The van der Waals surface area contributed by atoms with Gasteiger partial charge in [0.2, 0.25) is 11.8 Å². The van der Waals surface area contributed by atoms with Gasteiger partial charge in [-0.2, -0.15) is 0 Å². The number of hydrogen-bond donors (Lipinski definition) is 1. The quantitative estimate of drug-likeness (QED) is 0.688. The van der Waals surface area contributed by atoms with Crippen LogP contribution < -0.4 is 5.32 Å². The van der Waals surface area contributed by atoms with E-state index in [1.54, 1.807) is 17.0 Å². The number of rotatable bonds is 7. The lowest BCUT2D eigenvalue weighted by molar-refractivity contribution is -0.132. The maximum atomic E-state index is 13.2. The first-order chi connectivity index (χ1) is 12.8. The Morgan fingerprint density at radius 3 is 2.19 bits per heavy atom. The van der Waals surface area contributed by atoms with Crippen LogP contribution in [-0.2, 0) is 9.59 Å². The molecule has 27 heavy (non-hydrogen) atoms. The van der Waals surface area contributed by atoms with Crippen LogP contribution in [0.5, 0.6) is 0 Å². The number of amides is 2. The Morgan fingerprint density at radius 2 is 1.67 bits per heavy atom. The van der Waals surface area contributed by atoms with Crippen LogP contribution in [0.15, 0.2) is 53.4 Å². The van der Waals surface area contributed by atoms with Crippen LogP contribution in [0.1, 0.15) is 39.3 Å². The predicted molar refractivity (Wildman–Crippen MR) is 108 cm³/mol. The maximum absolute atomic E-state index is 13.2. The van der Waals surface area contributed by atoms with Crippen LogP contribution in [0.4, 0.5) is 10.1 Å². The summed E-state index contributed by atoms with van der Waals surface area (Å²) in [6.45, 7) is 7.81. The molecular weight excluding hydrogens is 363 g/mol. The summed E-state index contributed by atoms with van der Waals surface area (Å²) < 4.78 is 13.2. The number of thioether (sulfide) groups is 1. The van der Waals surface area contributed by atoms with Crippen molar-refractivity contribution in [3.63, 3.8) is 0 Å². The molecular formula is C21H25FN2O2S. The molecule has 0 saturated carbocycles. The van der Waals surface area contributed by atoms with Gasteiger partial charge in [0.15, 0.2) is 0 Å². The summed E-state index contributed by atoms with van der Waals surface area (Å²) in [5, 5.41) is 2.46. The molecule has 4 nitrogen and oxygen atoms in total. The summed E-state index contributed by atoms with van der Waals surface area (Å²) in [5.74, 6) is -0.371. The Hall–Kier alpha value is -2.34. The van der Waals surface area contributed by atoms with Gasteiger partial charge in [0.25, 0.3) is 0 Å². The highest BCUT2D eigenvalue weighted by atomic mass is 32.2. The first kappa shape index (κ1) is 21.0. The zero-order valence-corrected chi connectivity index (χ0v) is 16.8. The van der Waals surface area contributed by atoms with Gasteiger partial charge < -0.3 is 10.2 Å². The minimum atomic E-state index is -0.285. The predicted octanol–water partition coefficient (Wildman–Crippen LogP) is 4.87. The van der Waals surface area contributed by atoms with Crippen molar-refractivity contribution in [3.05, 3.63) is 59.9 Å². The fourth-order valence-electron chi connectivity index (χ4n) is 2.85. The van der Waals surface area contributed by atoms with E-state index >= 15 is 0 Å². The summed E-state index contributed by atoms with van der Waals surface area (Å²) >= 11 is 1.47. The van der Waals surface area contributed by atoms with Crippen molar-refractivity contribution in [2.75, 3.05) is 11.9 Å². The van der Waals surface area contributed by atoms with Crippen molar-refractivity contribution in [2.45, 2.75) is 43.9 Å². The van der Waals surface area contributed by atoms with E-state index in [0.717, 1.165) is 16.1 Å². The second-order valence-electron chi connectivity index (χ2n) is 6.32. The van der Waals surface area contributed by atoms with Gasteiger partial charge in [-0.25, -0.2) is 4.39 Å². The highest BCUT2D eigenvalue weighted by Gasteiger charge is 2.25. The third kappa shape index (κ3) is 5.82. The Bertz CT molecular complexity index is 778. The molecule has 0 aliphatic carbocycles. The van der Waals surface area contributed by atoms with Crippen LogP contribution in [0.25, 0.3) is 0 Å². The number of nitrogens with one attached hydrogen (secondary N) is 1. The Kier molecular flexibility index (Phi) is 7.42. The van der Waals surface area contributed by atoms with Crippen LogP contribution in [-0.4, -0.2) is 28.5 Å². The lowest BCUT2D eigenvalue weighted by Crippen LogP contribution is -2.38. The molecule has 0 saturated heterocycles. The number of anilines is 1. The highest BCUT2D eigenvalue weighted by Crippen LogP contribution is 2.29. The monoisotopic (exact) mass is 388 g/mol. The van der Waals surface area contributed by atoms with Crippen molar-refractivity contribution in [3.8, 4) is 0 Å². The normalized spacial score (nSPS) is 12.9. The topological polar surface area (TPSA) is 49.4 Å². The van der Waals surface area contributed by atoms with E-state index in [4.69, 9.17) is 0 Å². The van der Waals surface area contributed by atoms with Crippen LogP contribution in [0, 0.1) is 5.82 Å². The standard InChI is InChI=1S/C21H25FN2O2S/c1-5-24(14(2)17-6-8-18(22)9-7-17)21(26)15(3)27-20-12-10-19(11-13-20)23-16(4)25/h6-15H,5H2,1-4H3,(H,23,25). The maximum Gasteiger partial charge on any atom is 0.236 e. The first-order valence-electron chi connectivity index (χ1n) is 8.92. The SMILES string of the molecule is CCN(C(=O)C(C)Sc1ccc(NC(C)=O)cc1)C(C)c1ccc(F)cc1. The molecule has 2 atom stereocenters. The molecule has 0 heterocycles. The summed E-state index contributed by atoms with van der Waals surface area (Å²) in [6, 6.07) is 13.5. The van der Waals surface area contributed by atoms with Gasteiger partial charge in [-0.1, -0.05) is 12.1 Å². The Morgan fingerprint density at radius 1 is 1.07 bits per heavy atom. The first-order valence-corrected chi connectivity index (χ1v) is 9.80. The zero-order valence-electron chi connectivity index (χ0n) is 16.0. The summed E-state index contributed by atoms with van der Waals surface area (Å²) in [6.07, 6.45) is 0. The van der Waals surface area contributed by atoms with E-state index in [2.05, 4.69) is 5.32 Å². The average molecular weight is 389 g/mol. The van der Waals surface area contributed by atoms with Gasteiger partial charge in [0.1, 0.15) is 5.82 Å². The Labute approximate surface area is 164 Å². The minimum absolute atomic E-state index is 0.0327. The van der Waals surface area contributed by atoms with Gasteiger partial charge in [-0.05, 0) is 62.7 Å². The smallest absolute Gasteiger partial charge is 0.236 e. The number of carbonyl (C=O) groups is 2. The van der Waals surface area contributed by atoms with Crippen LogP contribution in [0.3, 0.4) is 0 Å². The van der Waals surface area contributed by atoms with Crippen molar-refractivity contribution in [2.24, 2.45) is 0 Å². The minimum Gasteiger partial charge on any atom is -0.335 e. The van der Waals surface area contributed by atoms with Crippen molar-refractivity contribution < 1.29 is 14.0 Å². The number of benzene rings is 2. The van der Waals surface area contributed by atoms with Crippen molar-refractivity contribution in [1.82, 2.24) is 4.90 Å². The molecule has 2 aromatic carbocycles. The molecule has 6 heteroatoms. The van der Waals surface area contributed by atoms with Gasteiger partial charge in [0.05, 0.1) is 11.3 Å². The summed E-state index contributed by atoms with van der Waals surface area (Å²) in [4.78, 5) is 26.8. The lowest BCUT2D eigenvalue weighted by Gasteiger charge is -2.30. The number of hydrogen-bond acceptors (Lipinski definition) is 3. The molecule has 0 aliphatic heterocycles. The molecule has 0 aliphatic rings. The number of nitrogens with zero attached hydrogens (tertiary/aromatic N) is 1. The Balaban J connectivity index is 2.05. The summed E-state index contributed by atoms with van der Waals surface area (Å²) in [7, 11) is 0. The van der Waals surface area contributed by atoms with E-state index < -0.39 is 0 Å². The second-order valence-corrected chi connectivity index (χ2v) is 7.73. The fraction of sp³-hybridized carbons (Fsp3) is 0.333. The van der Waals surface area contributed by atoms with Gasteiger partial charge >= 0.3 is 0 Å². The number of halogens is 1. The fourth-order valence-corrected chi connectivity index (χ4v) is 3.79. The van der Waals surface area contributed by atoms with E-state index in [0.29, 0.717) is 6.54 Å². The van der Waals surface area contributed by atoms with E-state index in [-0.39, 0.29) is 28.9 Å². The molecule has 0 spiro atoms. The molecule has 2 unspecified atom stereocenters. The molecule has 2 rings (SSSR count). The van der Waals surface area contributed by atoms with E-state index in [1.807, 2.05) is 45.0 Å². The van der Waals surface area contributed by atoms with E-state index in [1.165, 1.54) is 30.8 Å². The largest absolute Gasteiger partial charge is 0.335 e. The van der Waals surface area contributed by atoms with Crippen LogP contribution in [0.2, 0.25) is 0 Å². The molecule has 2 amide bonds. The lowest BCUT2D eigenvalue weighted by atomic mass is 10.1.